The highest BCUT2D eigenvalue weighted by molar-refractivity contribution is 7.07. The summed E-state index contributed by atoms with van der Waals surface area (Å²) in [5, 5.41) is 15.0. The third-order valence-electron chi connectivity index (χ3n) is 6.30. The summed E-state index contributed by atoms with van der Waals surface area (Å²) in [6, 6.07) is 9.80. The van der Waals surface area contributed by atoms with E-state index >= 15 is 0 Å². The largest absolute Gasteiger partial charge is 0.347 e. The maximum atomic E-state index is 12.8. The van der Waals surface area contributed by atoms with Crippen molar-refractivity contribution in [3.05, 3.63) is 86.5 Å². The van der Waals surface area contributed by atoms with Crippen LogP contribution in [0.2, 0.25) is 0 Å². The van der Waals surface area contributed by atoms with Gasteiger partial charge in [-0.3, -0.25) is 9.59 Å². The summed E-state index contributed by atoms with van der Waals surface area (Å²) >= 11 is 1.61. The van der Waals surface area contributed by atoms with Gasteiger partial charge in [-0.2, -0.15) is 16.4 Å². The van der Waals surface area contributed by atoms with Gasteiger partial charge in [-0.1, -0.05) is 12.1 Å². The molecule has 4 aromatic rings. The molecule has 0 fully saturated rings. The molecule has 7 nitrogen and oxygen atoms in total. The molecule has 0 unspecified atom stereocenters. The molecule has 1 aromatic carbocycles. The van der Waals surface area contributed by atoms with E-state index in [2.05, 4.69) is 26.8 Å². The van der Waals surface area contributed by atoms with Crippen molar-refractivity contribution in [1.29, 1.82) is 0 Å². The molecular weight excluding hydrogens is 434 g/mol. The molecule has 1 amide bonds. The van der Waals surface area contributed by atoms with Crippen LogP contribution in [0.4, 0.5) is 0 Å². The van der Waals surface area contributed by atoms with Crippen LogP contribution in [0.5, 0.6) is 0 Å². The fourth-order valence-electron chi connectivity index (χ4n) is 4.59. The molecule has 0 saturated heterocycles. The Morgan fingerprint density at radius 1 is 1.21 bits per heavy atom. The Morgan fingerprint density at radius 2 is 2.09 bits per heavy atom. The maximum absolute atomic E-state index is 12.8. The molecule has 0 spiro atoms. The summed E-state index contributed by atoms with van der Waals surface area (Å²) in [4.78, 5) is 29.1. The highest BCUT2D eigenvalue weighted by Gasteiger charge is 2.25. The number of hydrogen-bond acceptors (Lipinski definition) is 6. The number of nitrogens with zero attached hydrogens (tertiary/aromatic N) is 3. The van der Waals surface area contributed by atoms with Gasteiger partial charge in [0.2, 0.25) is 0 Å². The van der Waals surface area contributed by atoms with E-state index in [-0.39, 0.29) is 17.7 Å². The number of thiophene rings is 1. The van der Waals surface area contributed by atoms with Crippen molar-refractivity contribution in [2.45, 2.75) is 45.8 Å². The lowest BCUT2D eigenvalue weighted by atomic mass is 9.96. The van der Waals surface area contributed by atoms with Crippen LogP contribution in [0.1, 0.15) is 68.2 Å². The highest BCUT2D eigenvalue weighted by Crippen LogP contribution is 2.35. The van der Waals surface area contributed by atoms with Crippen LogP contribution < -0.4 is 10.6 Å². The van der Waals surface area contributed by atoms with Gasteiger partial charge < -0.3 is 10.6 Å². The molecule has 2 N–H and O–H groups in total. The van der Waals surface area contributed by atoms with Crippen LogP contribution in [0.3, 0.4) is 0 Å². The standard InChI is InChI=1S/C25H25N5O2S/c1-15-19(16(2)31)3-4-21-20(15)5-6-22(21)26-13-18-11-23(29-24-7-9-28-30(18)24)25(32)27-12-17-8-10-33-14-17/h3-4,7-11,14,22,26H,5-6,12-13H2,1-2H3,(H,27,32)/t22-/m0/s1. The number of hydrogen-bond donors (Lipinski definition) is 2. The van der Waals surface area contributed by atoms with Crippen LogP contribution in [-0.4, -0.2) is 26.3 Å². The molecule has 33 heavy (non-hydrogen) atoms. The van der Waals surface area contributed by atoms with E-state index in [9.17, 15) is 9.59 Å². The van der Waals surface area contributed by atoms with Gasteiger partial charge in [0.1, 0.15) is 5.69 Å². The zero-order valence-electron chi connectivity index (χ0n) is 18.6. The molecule has 1 aliphatic carbocycles. The lowest BCUT2D eigenvalue weighted by Crippen LogP contribution is -2.25. The Balaban J connectivity index is 1.35. The van der Waals surface area contributed by atoms with Gasteiger partial charge in [0, 0.05) is 30.8 Å². The molecule has 168 valence electrons. The molecule has 1 aliphatic rings. The zero-order valence-corrected chi connectivity index (χ0v) is 19.4. The number of aromatic nitrogens is 3. The second-order valence-electron chi connectivity index (χ2n) is 8.38. The van der Waals surface area contributed by atoms with Crippen molar-refractivity contribution in [3.8, 4) is 0 Å². The number of rotatable bonds is 7. The average Bonchev–Trinajstić information content (AvgIpc) is 3.56. The summed E-state index contributed by atoms with van der Waals surface area (Å²) in [5.41, 5.74) is 7.38. The lowest BCUT2D eigenvalue weighted by molar-refractivity contribution is 0.0945. The van der Waals surface area contributed by atoms with E-state index in [0.29, 0.717) is 24.4 Å². The Bertz CT molecular complexity index is 1340. The minimum atomic E-state index is -0.204. The summed E-state index contributed by atoms with van der Waals surface area (Å²) in [6.07, 6.45) is 3.61. The van der Waals surface area contributed by atoms with Crippen molar-refractivity contribution in [3.63, 3.8) is 0 Å². The predicted molar refractivity (Wildman–Crippen MR) is 128 cm³/mol. The number of Topliss-reactive ketones (excluding diaryl/α,β-unsaturated/α-hetero) is 1. The normalized spacial score (nSPS) is 15.0. The third kappa shape index (κ3) is 4.19. The first-order valence-electron chi connectivity index (χ1n) is 11.0. The number of amides is 1. The fourth-order valence-corrected chi connectivity index (χ4v) is 5.26. The number of nitrogens with one attached hydrogen (secondary N) is 2. The van der Waals surface area contributed by atoms with Crippen LogP contribution in [0.25, 0.3) is 5.65 Å². The summed E-state index contributed by atoms with van der Waals surface area (Å²) in [7, 11) is 0. The quantitative estimate of drug-likeness (QED) is 0.408. The van der Waals surface area contributed by atoms with Gasteiger partial charge in [-0.05, 0) is 71.8 Å². The zero-order chi connectivity index (χ0) is 22.9. The van der Waals surface area contributed by atoms with Gasteiger partial charge in [0.15, 0.2) is 11.4 Å². The number of carbonyl (C=O) groups excluding carboxylic acids is 2. The minimum Gasteiger partial charge on any atom is -0.347 e. The number of benzene rings is 1. The summed E-state index contributed by atoms with van der Waals surface area (Å²) in [6.45, 7) is 4.67. The number of ketones is 1. The van der Waals surface area contributed by atoms with Crippen LogP contribution in [-0.2, 0) is 19.5 Å². The van der Waals surface area contributed by atoms with Crippen molar-refractivity contribution in [2.75, 3.05) is 0 Å². The van der Waals surface area contributed by atoms with Crippen molar-refractivity contribution >= 4 is 28.7 Å². The number of fused-ring (bicyclic) bond motifs is 2. The van der Waals surface area contributed by atoms with E-state index in [1.165, 1.54) is 11.1 Å². The monoisotopic (exact) mass is 459 g/mol. The van der Waals surface area contributed by atoms with Crippen molar-refractivity contribution in [1.82, 2.24) is 25.2 Å². The summed E-state index contributed by atoms with van der Waals surface area (Å²) in [5.74, 6) is -0.0980. The first-order valence-corrected chi connectivity index (χ1v) is 11.9. The Hall–Kier alpha value is -3.36. The molecule has 0 saturated carbocycles. The molecular formula is C25H25N5O2S. The minimum absolute atomic E-state index is 0.106. The first kappa shape index (κ1) is 21.5. The predicted octanol–water partition coefficient (Wildman–Crippen LogP) is 4.01. The Morgan fingerprint density at radius 3 is 2.88 bits per heavy atom. The highest BCUT2D eigenvalue weighted by atomic mass is 32.1. The van der Waals surface area contributed by atoms with Crippen molar-refractivity contribution < 1.29 is 9.59 Å². The molecule has 1 atom stereocenters. The van der Waals surface area contributed by atoms with E-state index in [1.807, 2.05) is 29.8 Å². The number of carbonyl (C=O) groups is 2. The Labute approximate surface area is 195 Å². The van der Waals surface area contributed by atoms with Gasteiger partial charge in [-0.25, -0.2) is 9.50 Å². The maximum Gasteiger partial charge on any atom is 0.270 e. The molecule has 0 radical (unpaired) electrons. The lowest BCUT2D eigenvalue weighted by Gasteiger charge is -2.16. The second-order valence-corrected chi connectivity index (χ2v) is 9.16. The topological polar surface area (TPSA) is 88.4 Å². The van der Waals surface area contributed by atoms with Gasteiger partial charge in [-0.15, -0.1) is 0 Å². The van der Waals surface area contributed by atoms with Gasteiger partial charge >= 0.3 is 0 Å². The van der Waals surface area contributed by atoms with E-state index in [0.717, 1.165) is 35.2 Å². The molecule has 0 bridgehead atoms. The van der Waals surface area contributed by atoms with Gasteiger partial charge in [0.25, 0.3) is 5.91 Å². The SMILES string of the molecule is CC(=O)c1ccc2c(c1C)CC[C@@H]2NCc1cc(C(=O)NCc2ccsc2)nc2ccnn12. The van der Waals surface area contributed by atoms with Crippen LogP contribution >= 0.6 is 11.3 Å². The van der Waals surface area contributed by atoms with Crippen LogP contribution in [0.15, 0.2) is 47.3 Å². The molecule has 0 aliphatic heterocycles. The van der Waals surface area contributed by atoms with E-state index in [4.69, 9.17) is 0 Å². The van der Waals surface area contributed by atoms with Crippen LogP contribution in [0, 0.1) is 6.92 Å². The summed E-state index contributed by atoms with van der Waals surface area (Å²) < 4.78 is 1.77. The molecule has 8 heteroatoms. The second kappa shape index (κ2) is 8.88. The Kier molecular flexibility index (Phi) is 5.78. The third-order valence-corrected chi connectivity index (χ3v) is 7.03. The molecule has 5 rings (SSSR count). The average molecular weight is 460 g/mol. The van der Waals surface area contributed by atoms with E-state index in [1.54, 1.807) is 41.1 Å². The smallest absolute Gasteiger partial charge is 0.270 e. The molecule has 3 heterocycles. The first-order chi connectivity index (χ1) is 16.0. The van der Waals surface area contributed by atoms with Gasteiger partial charge in [0.05, 0.1) is 11.9 Å². The van der Waals surface area contributed by atoms with E-state index < -0.39 is 0 Å². The molecule has 3 aromatic heterocycles. The fraction of sp³-hybridized carbons (Fsp3) is 0.280. The van der Waals surface area contributed by atoms with Crippen molar-refractivity contribution in [2.24, 2.45) is 0 Å².